The molecule has 0 unspecified atom stereocenters. The number of nitrogens with zero attached hydrogens (tertiary/aromatic N) is 2. The molecule has 0 spiro atoms. The van der Waals surface area contributed by atoms with E-state index >= 15 is 0 Å². The van der Waals surface area contributed by atoms with Crippen molar-refractivity contribution in [3.05, 3.63) is 94.5 Å². The largest absolute Gasteiger partial charge is 0.352 e. The van der Waals surface area contributed by atoms with Crippen LogP contribution < -0.4 is 9.62 Å². The van der Waals surface area contributed by atoms with E-state index in [1.54, 1.807) is 53.4 Å². The third kappa shape index (κ3) is 7.98. The molecule has 0 bridgehead atoms. The van der Waals surface area contributed by atoms with E-state index in [4.69, 9.17) is 0 Å². The number of benzene rings is 3. The van der Waals surface area contributed by atoms with Gasteiger partial charge in [0.05, 0.1) is 10.6 Å². The maximum Gasteiger partial charge on any atom is 0.264 e. The molecule has 1 N–H and O–H groups in total. The summed E-state index contributed by atoms with van der Waals surface area (Å²) in [6.45, 7) is 3.63. The molecule has 1 aliphatic rings. The number of nitrogens with one attached hydrogen (secondary N) is 1. The predicted molar refractivity (Wildman–Crippen MR) is 166 cm³/mol. The van der Waals surface area contributed by atoms with Crippen molar-refractivity contribution >= 4 is 43.5 Å². The fourth-order valence-electron chi connectivity index (χ4n) is 5.24. The Kier molecular flexibility index (Phi) is 10.6. The molecule has 0 radical (unpaired) electrons. The van der Waals surface area contributed by atoms with Crippen LogP contribution in [0.3, 0.4) is 0 Å². The number of anilines is 1. The Hall–Kier alpha value is -3.17. The molecule has 2 amide bonds. The SMILES string of the molecule is CC[C@H](C(=O)NC1CCCC1)N(CCc1ccccc1)C(=O)CN(c1ccc(Br)cc1)S(=O)(=O)c1ccc(C)cc1. The van der Waals surface area contributed by atoms with Crippen LogP contribution in [0.15, 0.2) is 88.2 Å². The van der Waals surface area contributed by atoms with E-state index in [1.807, 2.05) is 44.2 Å². The molecule has 0 saturated heterocycles. The third-order valence-electron chi connectivity index (χ3n) is 7.57. The number of sulfonamides is 1. The van der Waals surface area contributed by atoms with E-state index in [1.165, 1.54) is 0 Å². The van der Waals surface area contributed by atoms with E-state index in [0.29, 0.717) is 18.5 Å². The minimum Gasteiger partial charge on any atom is -0.352 e. The van der Waals surface area contributed by atoms with Gasteiger partial charge in [-0.2, -0.15) is 0 Å². The fourth-order valence-corrected chi connectivity index (χ4v) is 6.92. The quantitative estimate of drug-likeness (QED) is 0.269. The standard InChI is InChI=1S/C32H38BrN3O4S/c1-3-30(32(38)34-27-11-7-8-12-27)35(22-21-25-9-5-4-6-10-25)31(37)23-36(28-17-15-26(33)16-18-28)41(39,40)29-19-13-24(2)14-20-29/h4-6,9-10,13-20,27,30H,3,7-8,11-12,21-23H2,1-2H3,(H,34,38)/t30-/m1/s1. The highest BCUT2D eigenvalue weighted by molar-refractivity contribution is 9.10. The van der Waals surface area contributed by atoms with Crippen molar-refractivity contribution in [3.8, 4) is 0 Å². The molecule has 1 saturated carbocycles. The lowest BCUT2D eigenvalue weighted by atomic mass is 10.1. The smallest absolute Gasteiger partial charge is 0.264 e. The summed E-state index contributed by atoms with van der Waals surface area (Å²) in [5.74, 6) is -0.606. The van der Waals surface area contributed by atoms with Crippen LogP contribution in [0.25, 0.3) is 0 Å². The summed E-state index contributed by atoms with van der Waals surface area (Å²) in [7, 11) is -4.08. The third-order valence-corrected chi connectivity index (χ3v) is 9.89. The monoisotopic (exact) mass is 639 g/mol. The summed E-state index contributed by atoms with van der Waals surface area (Å²) in [5, 5.41) is 3.15. The highest BCUT2D eigenvalue weighted by atomic mass is 79.9. The van der Waals surface area contributed by atoms with Gasteiger partial charge >= 0.3 is 0 Å². The van der Waals surface area contributed by atoms with Gasteiger partial charge in [0.2, 0.25) is 11.8 Å². The first-order chi connectivity index (χ1) is 19.7. The molecule has 1 aliphatic carbocycles. The Morgan fingerprint density at radius 2 is 1.59 bits per heavy atom. The van der Waals surface area contributed by atoms with E-state index < -0.39 is 28.5 Å². The summed E-state index contributed by atoms with van der Waals surface area (Å²) in [6.07, 6.45) is 5.00. The summed E-state index contributed by atoms with van der Waals surface area (Å²) in [5.41, 5.74) is 2.34. The number of aryl methyl sites for hydroxylation is 1. The van der Waals surface area contributed by atoms with E-state index in [9.17, 15) is 18.0 Å². The zero-order chi connectivity index (χ0) is 29.4. The van der Waals surface area contributed by atoms with E-state index in [2.05, 4.69) is 21.2 Å². The first-order valence-corrected chi connectivity index (χ1v) is 16.4. The van der Waals surface area contributed by atoms with Gasteiger partial charge in [0.15, 0.2) is 0 Å². The van der Waals surface area contributed by atoms with Gasteiger partial charge in [-0.25, -0.2) is 8.42 Å². The van der Waals surface area contributed by atoms with Crippen LogP contribution in [0.5, 0.6) is 0 Å². The molecule has 218 valence electrons. The Balaban J connectivity index is 1.66. The van der Waals surface area contributed by atoms with Gasteiger partial charge in [-0.3, -0.25) is 13.9 Å². The summed E-state index contributed by atoms with van der Waals surface area (Å²) >= 11 is 3.41. The number of rotatable bonds is 12. The van der Waals surface area contributed by atoms with Crippen LogP contribution in [0.4, 0.5) is 5.69 Å². The van der Waals surface area contributed by atoms with Crippen molar-refractivity contribution in [1.29, 1.82) is 0 Å². The number of hydrogen-bond donors (Lipinski definition) is 1. The first-order valence-electron chi connectivity index (χ1n) is 14.2. The van der Waals surface area contributed by atoms with Gasteiger partial charge in [-0.05, 0) is 74.6 Å². The number of carbonyl (C=O) groups is 2. The molecule has 3 aromatic rings. The zero-order valence-corrected chi connectivity index (χ0v) is 26.0. The molecule has 1 atom stereocenters. The van der Waals surface area contributed by atoms with Crippen LogP contribution >= 0.6 is 15.9 Å². The highest BCUT2D eigenvalue weighted by Gasteiger charge is 2.34. The molecular weight excluding hydrogens is 602 g/mol. The van der Waals surface area contributed by atoms with Gasteiger partial charge in [0.1, 0.15) is 12.6 Å². The van der Waals surface area contributed by atoms with Crippen LogP contribution in [0.2, 0.25) is 0 Å². The maximum atomic E-state index is 14.1. The van der Waals surface area contributed by atoms with E-state index in [0.717, 1.165) is 45.6 Å². The summed E-state index contributed by atoms with van der Waals surface area (Å²) < 4.78 is 29.8. The van der Waals surface area contributed by atoms with Gasteiger partial charge < -0.3 is 10.2 Å². The van der Waals surface area contributed by atoms with E-state index in [-0.39, 0.29) is 23.4 Å². The number of carbonyl (C=O) groups excluding carboxylic acids is 2. The lowest BCUT2D eigenvalue weighted by molar-refractivity contribution is -0.139. The van der Waals surface area contributed by atoms with Crippen molar-refractivity contribution in [3.63, 3.8) is 0 Å². The molecular formula is C32H38BrN3O4S. The molecule has 0 heterocycles. The van der Waals surface area contributed by atoms with Crippen molar-refractivity contribution in [2.24, 2.45) is 0 Å². The topological polar surface area (TPSA) is 86.8 Å². The molecule has 0 aromatic heterocycles. The predicted octanol–water partition coefficient (Wildman–Crippen LogP) is 5.86. The van der Waals surface area contributed by atoms with Crippen LogP contribution in [0.1, 0.15) is 50.2 Å². The van der Waals surface area contributed by atoms with Crippen molar-refractivity contribution < 1.29 is 18.0 Å². The lowest BCUT2D eigenvalue weighted by Crippen LogP contribution is -2.54. The molecule has 1 fully saturated rings. The van der Waals surface area contributed by atoms with Crippen molar-refractivity contribution in [1.82, 2.24) is 10.2 Å². The van der Waals surface area contributed by atoms with Crippen LogP contribution in [-0.2, 0) is 26.0 Å². The number of amides is 2. The second-order valence-electron chi connectivity index (χ2n) is 10.5. The van der Waals surface area contributed by atoms with Gasteiger partial charge in [0.25, 0.3) is 10.0 Å². The molecule has 9 heteroatoms. The van der Waals surface area contributed by atoms with Gasteiger partial charge in [0, 0.05) is 17.1 Å². The Labute approximate surface area is 252 Å². The molecule has 7 nitrogen and oxygen atoms in total. The molecule has 4 rings (SSSR count). The minimum atomic E-state index is -4.08. The van der Waals surface area contributed by atoms with Crippen molar-refractivity contribution in [2.75, 3.05) is 17.4 Å². The Bertz CT molecular complexity index is 1410. The second kappa shape index (κ2) is 14.1. The summed E-state index contributed by atoms with van der Waals surface area (Å²) in [6, 6.07) is 22.6. The first kappa shape index (κ1) is 30.8. The maximum absolute atomic E-state index is 14.1. The normalized spacial score (nSPS) is 14.4. The Morgan fingerprint density at radius 1 is 0.951 bits per heavy atom. The number of halogens is 1. The zero-order valence-electron chi connectivity index (χ0n) is 23.6. The lowest BCUT2D eigenvalue weighted by Gasteiger charge is -2.33. The fraction of sp³-hybridized carbons (Fsp3) is 0.375. The Morgan fingerprint density at radius 3 is 2.20 bits per heavy atom. The van der Waals surface area contributed by atoms with Crippen LogP contribution in [0, 0.1) is 6.92 Å². The average molecular weight is 641 g/mol. The minimum absolute atomic E-state index is 0.0978. The summed E-state index contributed by atoms with van der Waals surface area (Å²) in [4.78, 5) is 29.3. The highest BCUT2D eigenvalue weighted by Crippen LogP contribution is 2.26. The molecule has 0 aliphatic heterocycles. The van der Waals surface area contributed by atoms with Gasteiger partial charge in [-0.1, -0.05) is 83.7 Å². The second-order valence-corrected chi connectivity index (χ2v) is 13.3. The van der Waals surface area contributed by atoms with Crippen molar-refractivity contribution in [2.45, 2.75) is 69.4 Å². The average Bonchev–Trinajstić information content (AvgIpc) is 3.48. The van der Waals surface area contributed by atoms with Crippen LogP contribution in [-0.4, -0.2) is 50.3 Å². The molecule has 41 heavy (non-hydrogen) atoms. The number of hydrogen-bond acceptors (Lipinski definition) is 4. The molecule has 3 aromatic carbocycles. The van der Waals surface area contributed by atoms with Gasteiger partial charge in [-0.15, -0.1) is 0 Å².